The number of sulfonamides is 1. The number of aliphatic imine (C=N–C) groups is 1. The molecule has 2 aromatic rings. The lowest BCUT2D eigenvalue weighted by Gasteiger charge is -2.27. The Kier molecular flexibility index (Phi) is 10.9. The van der Waals surface area contributed by atoms with Crippen LogP contribution in [-0.4, -0.2) is 52.0 Å². The Balaban J connectivity index is 0.00000363. The second kappa shape index (κ2) is 13.1. The molecule has 1 atom stereocenters. The average Bonchev–Trinajstić information content (AvgIpc) is 3.29. The van der Waals surface area contributed by atoms with Gasteiger partial charge in [-0.25, -0.2) is 13.6 Å². The number of rotatable bonds is 9. The molecule has 32 heavy (non-hydrogen) atoms. The predicted octanol–water partition coefficient (Wildman–Crippen LogP) is 2.89. The zero-order valence-corrected chi connectivity index (χ0v) is 21.7. The summed E-state index contributed by atoms with van der Waals surface area (Å²) in [5.41, 5.74) is 2.34. The van der Waals surface area contributed by atoms with Crippen LogP contribution in [0.2, 0.25) is 0 Å². The second-order valence-electron chi connectivity index (χ2n) is 7.75. The summed E-state index contributed by atoms with van der Waals surface area (Å²) in [5, 5.41) is 11.9. The number of primary sulfonamides is 1. The molecular weight excluding hydrogens is 537 g/mol. The first-order valence-electron chi connectivity index (χ1n) is 10.9. The zero-order valence-electron chi connectivity index (χ0n) is 18.5. The highest BCUT2D eigenvalue weighted by Crippen LogP contribution is 2.25. The molecule has 1 aliphatic heterocycles. The maximum absolute atomic E-state index is 11.4. The van der Waals surface area contributed by atoms with Gasteiger partial charge in [-0.3, -0.25) is 9.89 Å². The van der Waals surface area contributed by atoms with Gasteiger partial charge in [0.2, 0.25) is 10.0 Å². The van der Waals surface area contributed by atoms with Crippen LogP contribution in [-0.2, 0) is 16.4 Å². The number of hydrogen-bond acceptors (Lipinski definition) is 4. The third-order valence-electron chi connectivity index (χ3n) is 5.49. The molecule has 1 heterocycles. The van der Waals surface area contributed by atoms with Crippen molar-refractivity contribution in [2.24, 2.45) is 10.1 Å². The van der Waals surface area contributed by atoms with Crippen molar-refractivity contribution in [1.82, 2.24) is 15.5 Å². The summed E-state index contributed by atoms with van der Waals surface area (Å²) < 4.78 is 22.8. The van der Waals surface area contributed by atoms with E-state index in [9.17, 15) is 8.42 Å². The van der Waals surface area contributed by atoms with Crippen molar-refractivity contribution in [3.8, 4) is 0 Å². The van der Waals surface area contributed by atoms with E-state index < -0.39 is 10.0 Å². The zero-order chi connectivity index (χ0) is 22.1. The summed E-state index contributed by atoms with van der Waals surface area (Å²) in [5.74, 6) is 0.795. The van der Waals surface area contributed by atoms with Gasteiger partial charge in [0.05, 0.1) is 17.5 Å². The highest BCUT2D eigenvalue weighted by molar-refractivity contribution is 14.0. The minimum absolute atomic E-state index is 0. The van der Waals surface area contributed by atoms with E-state index >= 15 is 0 Å². The SMILES string of the molecule is CCNC(=NCC(c1ccccc1)N1CCCC1)NCCc1ccc(S(N)(=O)=O)cc1.I. The van der Waals surface area contributed by atoms with Crippen LogP contribution in [0.4, 0.5) is 0 Å². The van der Waals surface area contributed by atoms with E-state index in [2.05, 4.69) is 52.8 Å². The molecule has 176 valence electrons. The van der Waals surface area contributed by atoms with Gasteiger partial charge >= 0.3 is 0 Å². The van der Waals surface area contributed by atoms with Crippen molar-refractivity contribution in [1.29, 1.82) is 0 Å². The standard InChI is InChI=1S/C23H33N5O2S.HI/c1-2-25-23(26-15-14-19-10-12-21(13-11-19)31(24,29)30)27-18-22(28-16-6-7-17-28)20-8-4-3-5-9-20;/h3-5,8-13,22H,2,6-7,14-18H2,1H3,(H2,24,29,30)(H2,25,26,27);1H. The first-order chi connectivity index (χ1) is 15.0. The number of nitrogens with two attached hydrogens (primary N) is 1. The molecule has 0 radical (unpaired) electrons. The molecule has 2 aromatic carbocycles. The Morgan fingerprint density at radius 1 is 1.06 bits per heavy atom. The highest BCUT2D eigenvalue weighted by atomic mass is 127. The Morgan fingerprint density at radius 2 is 1.72 bits per heavy atom. The van der Waals surface area contributed by atoms with Crippen molar-refractivity contribution in [2.75, 3.05) is 32.7 Å². The van der Waals surface area contributed by atoms with E-state index in [0.29, 0.717) is 13.1 Å². The van der Waals surface area contributed by atoms with Gasteiger partial charge in [0.25, 0.3) is 0 Å². The molecule has 0 aromatic heterocycles. The molecule has 1 saturated heterocycles. The third-order valence-corrected chi connectivity index (χ3v) is 6.42. The van der Waals surface area contributed by atoms with E-state index in [1.807, 2.05) is 0 Å². The molecule has 9 heteroatoms. The number of guanidine groups is 1. The first kappa shape index (κ1) is 26.6. The molecule has 0 aliphatic carbocycles. The molecule has 1 unspecified atom stereocenters. The number of benzene rings is 2. The molecular formula is C23H34IN5O2S. The van der Waals surface area contributed by atoms with E-state index in [4.69, 9.17) is 10.1 Å². The summed E-state index contributed by atoms with van der Waals surface area (Å²) in [7, 11) is -3.66. The van der Waals surface area contributed by atoms with Crippen molar-refractivity contribution < 1.29 is 8.42 Å². The molecule has 3 rings (SSSR count). The number of nitrogens with one attached hydrogen (secondary N) is 2. The third kappa shape index (κ3) is 8.02. The molecule has 0 saturated carbocycles. The fourth-order valence-corrected chi connectivity index (χ4v) is 4.37. The Labute approximate surface area is 208 Å². The lowest BCUT2D eigenvalue weighted by Crippen LogP contribution is -2.39. The fourth-order valence-electron chi connectivity index (χ4n) is 3.85. The topological polar surface area (TPSA) is 99.8 Å². The van der Waals surface area contributed by atoms with Gasteiger partial charge in [-0.05, 0) is 62.5 Å². The summed E-state index contributed by atoms with van der Waals surface area (Å²) in [6.45, 7) is 6.47. The summed E-state index contributed by atoms with van der Waals surface area (Å²) in [4.78, 5) is 7.52. The van der Waals surface area contributed by atoms with Gasteiger partial charge in [0.15, 0.2) is 5.96 Å². The van der Waals surface area contributed by atoms with E-state index in [-0.39, 0.29) is 34.9 Å². The van der Waals surface area contributed by atoms with Gasteiger partial charge in [-0.15, -0.1) is 24.0 Å². The molecule has 4 N–H and O–H groups in total. The van der Waals surface area contributed by atoms with Crippen LogP contribution in [0.15, 0.2) is 64.5 Å². The van der Waals surface area contributed by atoms with Gasteiger partial charge in [0, 0.05) is 13.1 Å². The van der Waals surface area contributed by atoms with Gasteiger partial charge in [0.1, 0.15) is 0 Å². The van der Waals surface area contributed by atoms with Gasteiger partial charge in [-0.2, -0.15) is 0 Å². The molecule has 0 amide bonds. The normalized spacial score (nSPS) is 15.8. The van der Waals surface area contributed by atoms with E-state index in [1.54, 1.807) is 24.3 Å². The monoisotopic (exact) mass is 571 g/mol. The van der Waals surface area contributed by atoms with Crippen LogP contribution < -0.4 is 15.8 Å². The van der Waals surface area contributed by atoms with Crippen molar-refractivity contribution in [3.63, 3.8) is 0 Å². The Bertz CT molecular complexity index is 946. The largest absolute Gasteiger partial charge is 0.357 e. The second-order valence-corrected chi connectivity index (χ2v) is 9.32. The van der Waals surface area contributed by atoms with Crippen molar-refractivity contribution in [3.05, 3.63) is 65.7 Å². The molecule has 1 fully saturated rings. The lowest BCUT2D eigenvalue weighted by atomic mass is 10.1. The van der Waals surface area contributed by atoms with E-state index in [1.165, 1.54) is 18.4 Å². The lowest BCUT2D eigenvalue weighted by molar-refractivity contribution is 0.251. The number of halogens is 1. The summed E-state index contributed by atoms with van der Waals surface area (Å²) >= 11 is 0. The Morgan fingerprint density at radius 3 is 2.31 bits per heavy atom. The van der Waals surface area contributed by atoms with Gasteiger partial charge < -0.3 is 10.6 Å². The van der Waals surface area contributed by atoms with E-state index in [0.717, 1.165) is 37.6 Å². The number of likely N-dealkylation sites (tertiary alicyclic amines) is 1. The van der Waals surface area contributed by atoms with Crippen LogP contribution in [0.25, 0.3) is 0 Å². The number of hydrogen-bond donors (Lipinski definition) is 3. The summed E-state index contributed by atoms with van der Waals surface area (Å²) in [6.07, 6.45) is 3.24. The molecule has 1 aliphatic rings. The fraction of sp³-hybridized carbons (Fsp3) is 0.435. The minimum Gasteiger partial charge on any atom is -0.357 e. The molecule has 0 bridgehead atoms. The van der Waals surface area contributed by atoms with Crippen molar-refractivity contribution in [2.45, 2.75) is 37.1 Å². The Hall–Kier alpha value is -1.69. The predicted molar refractivity (Wildman–Crippen MR) is 141 cm³/mol. The van der Waals surface area contributed by atoms with Crippen LogP contribution in [0.3, 0.4) is 0 Å². The van der Waals surface area contributed by atoms with Crippen LogP contribution in [0, 0.1) is 0 Å². The van der Waals surface area contributed by atoms with Gasteiger partial charge in [-0.1, -0.05) is 42.5 Å². The summed E-state index contributed by atoms with van der Waals surface area (Å²) in [6, 6.07) is 17.6. The van der Waals surface area contributed by atoms with Crippen LogP contribution >= 0.6 is 24.0 Å². The molecule has 0 spiro atoms. The van der Waals surface area contributed by atoms with Crippen molar-refractivity contribution >= 4 is 40.0 Å². The minimum atomic E-state index is -3.66. The highest BCUT2D eigenvalue weighted by Gasteiger charge is 2.23. The quantitative estimate of drug-likeness (QED) is 0.244. The number of nitrogens with zero attached hydrogens (tertiary/aromatic N) is 2. The maximum atomic E-state index is 11.4. The first-order valence-corrected chi connectivity index (χ1v) is 12.4. The average molecular weight is 572 g/mol. The smallest absolute Gasteiger partial charge is 0.238 e. The molecule has 7 nitrogen and oxygen atoms in total. The van der Waals surface area contributed by atoms with Crippen LogP contribution in [0.1, 0.15) is 36.9 Å². The maximum Gasteiger partial charge on any atom is 0.238 e. The van der Waals surface area contributed by atoms with Crippen LogP contribution in [0.5, 0.6) is 0 Å².